The van der Waals surface area contributed by atoms with Gasteiger partial charge in [0.25, 0.3) is 0 Å². The van der Waals surface area contributed by atoms with Crippen molar-refractivity contribution in [1.29, 1.82) is 0 Å². The van der Waals surface area contributed by atoms with E-state index in [-0.39, 0.29) is 47.6 Å². The predicted molar refractivity (Wildman–Crippen MR) is 94.1 cm³/mol. The van der Waals surface area contributed by atoms with Crippen LogP contribution in [0, 0.1) is 17.3 Å². The summed E-state index contributed by atoms with van der Waals surface area (Å²) in [5.41, 5.74) is 0.482. The molecule has 7 rings (SSSR count). The zero-order valence-corrected chi connectivity index (χ0v) is 16.3. The third-order valence-electron chi connectivity index (χ3n) is 9.38. The average molecular weight is 387 g/mol. The maximum Gasteiger partial charge on any atom is 0.334 e. The number of nitrogens with one attached hydrogen (secondary N) is 1. The molecule has 0 aromatic heterocycles. The molecule has 1 N–H and O–H groups in total. The Balaban J connectivity index is 1.39. The van der Waals surface area contributed by atoms with Crippen LogP contribution in [0.3, 0.4) is 0 Å². The standard InChI is InChI=1S/C21H25NO6/c1-9(2)19-14(27-19)15-21(28-15)18(3)5-4-10-11(7-25-16(10)24)12(18)6-13-20(21,26-13)17(19)22-8-23/h8-9,12-15,17H,4-7H2,1-3H3,(H,22,23)/t12-,13-,14-,15-,17+,18-,19-,20+,21+/m0/s1. The van der Waals surface area contributed by atoms with Gasteiger partial charge in [0.15, 0.2) is 0 Å². The van der Waals surface area contributed by atoms with E-state index < -0.39 is 16.8 Å². The van der Waals surface area contributed by atoms with Gasteiger partial charge in [0.05, 0.1) is 12.1 Å². The quantitative estimate of drug-likeness (QED) is 0.439. The summed E-state index contributed by atoms with van der Waals surface area (Å²) in [4.78, 5) is 23.7. The maximum absolute atomic E-state index is 12.2. The second-order valence-corrected chi connectivity index (χ2v) is 10.2. The number of esters is 1. The fourth-order valence-corrected chi connectivity index (χ4v) is 8.08. The molecule has 9 atom stereocenters. The minimum Gasteiger partial charge on any atom is -0.458 e. The molecule has 3 saturated heterocycles. The highest BCUT2D eigenvalue weighted by atomic mass is 16.7. The van der Waals surface area contributed by atoms with Crippen LogP contribution in [-0.2, 0) is 28.5 Å². The van der Waals surface area contributed by atoms with E-state index in [0.717, 1.165) is 36.8 Å². The van der Waals surface area contributed by atoms with Crippen molar-refractivity contribution in [3.63, 3.8) is 0 Å². The average Bonchev–Trinajstić information content (AvgIpc) is 3.54. The molecule has 0 aromatic carbocycles. The number of rotatable bonds is 3. The van der Waals surface area contributed by atoms with Gasteiger partial charge in [-0.25, -0.2) is 4.79 Å². The van der Waals surface area contributed by atoms with Crippen LogP contribution in [0.4, 0.5) is 0 Å². The van der Waals surface area contributed by atoms with Crippen LogP contribution in [0.2, 0.25) is 0 Å². The van der Waals surface area contributed by atoms with Crippen LogP contribution >= 0.6 is 0 Å². The molecule has 7 aliphatic rings. The van der Waals surface area contributed by atoms with Crippen molar-refractivity contribution in [2.45, 2.75) is 81.2 Å². The summed E-state index contributed by atoms with van der Waals surface area (Å²) < 4.78 is 24.8. The first-order chi connectivity index (χ1) is 13.4. The van der Waals surface area contributed by atoms with E-state index in [1.165, 1.54) is 0 Å². The summed E-state index contributed by atoms with van der Waals surface area (Å²) >= 11 is 0. The first-order valence-electron chi connectivity index (χ1n) is 10.5. The molecule has 1 amide bonds. The van der Waals surface area contributed by atoms with Crippen LogP contribution in [0.15, 0.2) is 11.1 Å². The summed E-state index contributed by atoms with van der Waals surface area (Å²) in [5, 5.41) is 3.10. The Morgan fingerprint density at radius 3 is 2.79 bits per heavy atom. The Kier molecular flexibility index (Phi) is 2.54. The minimum absolute atomic E-state index is 0.00225. The van der Waals surface area contributed by atoms with Gasteiger partial charge in [-0.15, -0.1) is 0 Å². The fourth-order valence-electron chi connectivity index (χ4n) is 8.08. The van der Waals surface area contributed by atoms with Crippen molar-refractivity contribution in [3.05, 3.63) is 11.1 Å². The number of carbonyl (C=O) groups excluding carboxylic acids is 2. The number of hydrogen-bond acceptors (Lipinski definition) is 6. The highest BCUT2D eigenvalue weighted by molar-refractivity contribution is 5.92. The van der Waals surface area contributed by atoms with Gasteiger partial charge in [-0.1, -0.05) is 20.8 Å². The van der Waals surface area contributed by atoms with Crippen LogP contribution in [0.5, 0.6) is 0 Å². The Hall–Kier alpha value is -1.44. The normalized spacial score (nSPS) is 59.1. The molecule has 150 valence electrons. The van der Waals surface area contributed by atoms with Crippen molar-refractivity contribution in [2.24, 2.45) is 17.3 Å². The van der Waals surface area contributed by atoms with Crippen molar-refractivity contribution in [3.8, 4) is 0 Å². The Morgan fingerprint density at radius 1 is 1.21 bits per heavy atom. The topological polar surface area (TPSA) is 93.0 Å². The van der Waals surface area contributed by atoms with Crippen LogP contribution < -0.4 is 5.32 Å². The fraction of sp³-hybridized carbons (Fsp3) is 0.810. The van der Waals surface area contributed by atoms with Gasteiger partial charge >= 0.3 is 5.97 Å². The Morgan fingerprint density at radius 2 is 2.04 bits per heavy atom. The van der Waals surface area contributed by atoms with Gasteiger partial charge in [-0.3, -0.25) is 4.79 Å². The minimum atomic E-state index is -0.525. The van der Waals surface area contributed by atoms with Crippen molar-refractivity contribution in [2.75, 3.05) is 6.61 Å². The molecule has 28 heavy (non-hydrogen) atoms. The lowest BCUT2D eigenvalue weighted by Crippen LogP contribution is -2.72. The highest BCUT2D eigenvalue weighted by Gasteiger charge is 3.00. The van der Waals surface area contributed by atoms with E-state index in [9.17, 15) is 9.59 Å². The lowest BCUT2D eigenvalue weighted by Gasteiger charge is -2.54. The molecule has 7 nitrogen and oxygen atoms in total. The predicted octanol–water partition coefficient (Wildman–Crippen LogP) is 0.857. The largest absolute Gasteiger partial charge is 0.458 e. The van der Waals surface area contributed by atoms with E-state index in [2.05, 4.69) is 26.1 Å². The van der Waals surface area contributed by atoms with E-state index in [0.29, 0.717) is 6.61 Å². The Bertz CT molecular complexity index is 884. The second-order valence-electron chi connectivity index (χ2n) is 10.2. The van der Waals surface area contributed by atoms with E-state index >= 15 is 0 Å². The summed E-state index contributed by atoms with van der Waals surface area (Å²) in [7, 11) is 0. The lowest BCUT2D eigenvalue weighted by atomic mass is 9.46. The monoisotopic (exact) mass is 387 g/mol. The third-order valence-corrected chi connectivity index (χ3v) is 9.38. The number of carbonyl (C=O) groups is 2. The molecule has 0 radical (unpaired) electrons. The van der Waals surface area contributed by atoms with Gasteiger partial charge < -0.3 is 24.3 Å². The van der Waals surface area contributed by atoms with Crippen LogP contribution in [0.25, 0.3) is 0 Å². The molecule has 4 aliphatic heterocycles. The van der Waals surface area contributed by atoms with Crippen LogP contribution in [-0.4, -0.2) is 60.1 Å². The zero-order chi connectivity index (χ0) is 19.3. The molecule has 2 spiro atoms. The molecule has 0 unspecified atom stereocenters. The molecule has 7 heteroatoms. The Labute approximate surface area is 163 Å². The summed E-state index contributed by atoms with van der Waals surface area (Å²) in [5.74, 6) is 0.323. The number of ether oxygens (including phenoxy) is 4. The SMILES string of the molecule is CC(C)[C@]12O[C@H]1[C@@H]1O[C@]13[C@]1(O[C@H]1C[C@H]1C4=C(CC[C@@]13C)C(=O)OC4)[C@@H]2NC=O. The molecule has 3 aliphatic carbocycles. The molecule has 4 heterocycles. The number of hydrogen-bond donors (Lipinski definition) is 1. The van der Waals surface area contributed by atoms with Gasteiger partial charge in [-0.2, -0.15) is 0 Å². The van der Waals surface area contributed by atoms with Crippen molar-refractivity contribution < 1.29 is 28.5 Å². The van der Waals surface area contributed by atoms with E-state index in [4.69, 9.17) is 18.9 Å². The number of cyclic esters (lactones) is 1. The first kappa shape index (κ1) is 16.4. The third kappa shape index (κ3) is 1.32. The van der Waals surface area contributed by atoms with Crippen molar-refractivity contribution >= 4 is 12.4 Å². The van der Waals surface area contributed by atoms with Gasteiger partial charge in [0, 0.05) is 11.0 Å². The van der Waals surface area contributed by atoms with Crippen molar-refractivity contribution in [1.82, 2.24) is 5.32 Å². The molecule has 0 bridgehead atoms. The lowest BCUT2D eigenvalue weighted by molar-refractivity contribution is -0.136. The maximum atomic E-state index is 12.2. The van der Waals surface area contributed by atoms with E-state index in [1.54, 1.807) is 0 Å². The summed E-state index contributed by atoms with van der Waals surface area (Å²) in [6.07, 6.45) is 3.24. The summed E-state index contributed by atoms with van der Waals surface area (Å²) in [6.45, 7) is 7.00. The van der Waals surface area contributed by atoms with Gasteiger partial charge in [0.2, 0.25) is 6.41 Å². The molecule has 2 saturated carbocycles. The molecule has 5 fully saturated rings. The zero-order valence-electron chi connectivity index (χ0n) is 16.3. The second kappa shape index (κ2) is 4.35. The van der Waals surface area contributed by atoms with E-state index in [1.807, 2.05) is 0 Å². The molecule has 0 aromatic rings. The van der Waals surface area contributed by atoms with Gasteiger partial charge in [-0.05, 0) is 36.7 Å². The number of epoxide rings is 3. The number of fused-ring (bicyclic) bond motifs is 4. The summed E-state index contributed by atoms with van der Waals surface area (Å²) in [6, 6.07) is -0.208. The van der Waals surface area contributed by atoms with Gasteiger partial charge in [0.1, 0.15) is 35.6 Å². The number of amides is 1. The smallest absolute Gasteiger partial charge is 0.334 e. The highest BCUT2D eigenvalue weighted by Crippen LogP contribution is 2.82. The first-order valence-corrected chi connectivity index (χ1v) is 10.5. The molecular weight excluding hydrogens is 362 g/mol. The molecular formula is C21H25NO6. The van der Waals surface area contributed by atoms with Crippen LogP contribution in [0.1, 0.15) is 40.0 Å².